The largest absolute Gasteiger partial charge is 0.460 e. The van der Waals surface area contributed by atoms with Gasteiger partial charge in [0.05, 0.1) is 0 Å². The third-order valence-corrected chi connectivity index (χ3v) is 5.12. The van der Waals surface area contributed by atoms with Crippen LogP contribution in [0.2, 0.25) is 0 Å². The van der Waals surface area contributed by atoms with E-state index in [1.165, 1.54) is 0 Å². The number of amides is 1. The first kappa shape index (κ1) is 17.5. The second kappa shape index (κ2) is 7.39. The van der Waals surface area contributed by atoms with Gasteiger partial charge in [-0.1, -0.05) is 30.3 Å². The molecule has 6 heteroatoms. The van der Waals surface area contributed by atoms with Gasteiger partial charge in [-0.3, -0.25) is 4.79 Å². The molecule has 1 aliphatic rings. The zero-order valence-corrected chi connectivity index (χ0v) is 15.6. The van der Waals surface area contributed by atoms with Crippen LogP contribution < -0.4 is 0 Å². The number of para-hydroxylation sites is 1. The minimum atomic E-state index is 0.0301. The fraction of sp³-hybridized carbons (Fsp3) is 0.381. The van der Waals surface area contributed by atoms with E-state index in [1.807, 2.05) is 42.2 Å². The summed E-state index contributed by atoms with van der Waals surface area (Å²) in [6.45, 7) is 5.27. The first-order valence-corrected chi connectivity index (χ1v) is 9.43. The summed E-state index contributed by atoms with van der Waals surface area (Å²) in [6.07, 6.45) is 6.03. The van der Waals surface area contributed by atoms with E-state index < -0.39 is 0 Å². The van der Waals surface area contributed by atoms with Crippen LogP contribution in [0.15, 0.2) is 39.3 Å². The Labute approximate surface area is 157 Å². The Balaban J connectivity index is 1.44. The smallest absolute Gasteiger partial charge is 0.246 e. The maximum Gasteiger partial charge on any atom is 0.246 e. The summed E-state index contributed by atoms with van der Waals surface area (Å²) in [5.41, 5.74) is 1.86. The van der Waals surface area contributed by atoms with E-state index in [4.69, 9.17) is 8.94 Å². The number of nitrogens with zero attached hydrogens (tertiary/aromatic N) is 3. The summed E-state index contributed by atoms with van der Waals surface area (Å²) in [7, 11) is 0. The quantitative estimate of drug-likeness (QED) is 0.651. The van der Waals surface area contributed by atoms with Crippen molar-refractivity contribution in [2.75, 3.05) is 13.1 Å². The second-order valence-electron chi connectivity index (χ2n) is 6.90. The van der Waals surface area contributed by atoms with Crippen LogP contribution in [-0.4, -0.2) is 34.0 Å². The van der Waals surface area contributed by atoms with Crippen molar-refractivity contribution in [3.63, 3.8) is 0 Å². The van der Waals surface area contributed by atoms with Gasteiger partial charge in [0.25, 0.3) is 0 Å². The normalized spacial score (nSPS) is 15.9. The average molecular weight is 365 g/mol. The molecule has 4 rings (SSSR count). The number of likely N-dealkylation sites (tertiary alicyclic amines) is 1. The molecule has 0 unspecified atom stereocenters. The molecular formula is C21H23N3O3. The van der Waals surface area contributed by atoms with Crippen molar-refractivity contribution in [3.8, 4) is 0 Å². The third kappa shape index (κ3) is 3.52. The Morgan fingerprint density at radius 2 is 2.07 bits per heavy atom. The minimum absolute atomic E-state index is 0.0301. The lowest BCUT2D eigenvalue weighted by Gasteiger charge is -2.29. The number of furan rings is 1. The second-order valence-corrected chi connectivity index (χ2v) is 6.90. The Morgan fingerprint density at radius 3 is 2.78 bits per heavy atom. The Hall–Kier alpha value is -2.89. The van der Waals surface area contributed by atoms with Crippen molar-refractivity contribution in [3.05, 3.63) is 53.4 Å². The molecule has 1 saturated heterocycles. The fourth-order valence-corrected chi connectivity index (χ4v) is 3.65. The predicted molar refractivity (Wildman–Crippen MR) is 102 cm³/mol. The van der Waals surface area contributed by atoms with Crippen LogP contribution in [0.5, 0.6) is 0 Å². The van der Waals surface area contributed by atoms with Crippen LogP contribution in [0.4, 0.5) is 0 Å². The SMILES string of the molecule is CCc1oc2ccccc2c1/C=C/C(=O)N1CCC(c2nc(C)no2)CC1. The standard InChI is InChI=1S/C21H23N3O3/c1-3-18-17(16-6-4-5-7-19(16)26-18)8-9-20(25)24-12-10-15(11-13-24)21-22-14(2)23-27-21/h4-9,15H,3,10-13H2,1-2H3/b9-8+. The van der Waals surface area contributed by atoms with E-state index in [0.717, 1.165) is 41.6 Å². The van der Waals surface area contributed by atoms with E-state index in [2.05, 4.69) is 17.1 Å². The lowest BCUT2D eigenvalue weighted by atomic mass is 9.96. The van der Waals surface area contributed by atoms with Crippen LogP contribution in [0.1, 0.15) is 48.7 Å². The van der Waals surface area contributed by atoms with E-state index in [-0.39, 0.29) is 11.8 Å². The van der Waals surface area contributed by atoms with Gasteiger partial charge in [-0.15, -0.1) is 0 Å². The molecule has 27 heavy (non-hydrogen) atoms. The van der Waals surface area contributed by atoms with Gasteiger partial charge in [0.1, 0.15) is 11.3 Å². The number of benzene rings is 1. The number of hydrogen-bond donors (Lipinski definition) is 0. The number of aryl methyl sites for hydroxylation is 2. The number of fused-ring (bicyclic) bond motifs is 1. The van der Waals surface area contributed by atoms with Crippen LogP contribution in [-0.2, 0) is 11.2 Å². The number of rotatable bonds is 4. The van der Waals surface area contributed by atoms with Gasteiger partial charge in [-0.05, 0) is 31.9 Å². The van der Waals surface area contributed by atoms with E-state index in [9.17, 15) is 4.79 Å². The molecule has 1 aromatic carbocycles. The monoisotopic (exact) mass is 365 g/mol. The molecular weight excluding hydrogens is 342 g/mol. The number of hydrogen-bond acceptors (Lipinski definition) is 5. The fourth-order valence-electron chi connectivity index (χ4n) is 3.65. The molecule has 0 aliphatic carbocycles. The number of carbonyl (C=O) groups excluding carboxylic acids is 1. The molecule has 140 valence electrons. The van der Waals surface area contributed by atoms with Crippen LogP contribution >= 0.6 is 0 Å². The predicted octanol–water partition coefficient (Wildman–Crippen LogP) is 4.11. The number of piperidine rings is 1. The van der Waals surface area contributed by atoms with Crippen molar-refractivity contribution < 1.29 is 13.7 Å². The van der Waals surface area contributed by atoms with Gasteiger partial charge in [-0.25, -0.2) is 0 Å². The molecule has 2 aromatic heterocycles. The molecule has 0 spiro atoms. The maximum atomic E-state index is 12.6. The number of aromatic nitrogens is 2. The summed E-state index contributed by atoms with van der Waals surface area (Å²) in [5.74, 6) is 2.52. The molecule has 0 atom stereocenters. The highest BCUT2D eigenvalue weighted by molar-refractivity contribution is 5.96. The van der Waals surface area contributed by atoms with Crippen molar-refractivity contribution in [1.29, 1.82) is 0 Å². The Bertz CT molecular complexity index is 978. The van der Waals surface area contributed by atoms with Gasteiger partial charge in [0, 0.05) is 42.5 Å². The average Bonchev–Trinajstić information content (AvgIpc) is 3.29. The minimum Gasteiger partial charge on any atom is -0.460 e. The van der Waals surface area contributed by atoms with Gasteiger partial charge in [0.2, 0.25) is 11.8 Å². The molecule has 6 nitrogen and oxygen atoms in total. The van der Waals surface area contributed by atoms with Gasteiger partial charge in [-0.2, -0.15) is 4.98 Å². The molecule has 0 bridgehead atoms. The van der Waals surface area contributed by atoms with Crippen molar-refractivity contribution in [2.24, 2.45) is 0 Å². The van der Waals surface area contributed by atoms with Gasteiger partial charge in [0.15, 0.2) is 5.82 Å². The van der Waals surface area contributed by atoms with Gasteiger partial charge < -0.3 is 13.8 Å². The summed E-state index contributed by atoms with van der Waals surface area (Å²) < 4.78 is 11.2. The molecule has 0 radical (unpaired) electrons. The summed E-state index contributed by atoms with van der Waals surface area (Å²) in [6, 6.07) is 7.93. The van der Waals surface area contributed by atoms with Crippen molar-refractivity contribution in [2.45, 2.75) is 39.0 Å². The molecule has 1 fully saturated rings. The molecule has 1 amide bonds. The van der Waals surface area contributed by atoms with Crippen molar-refractivity contribution >= 4 is 23.0 Å². The zero-order valence-electron chi connectivity index (χ0n) is 15.6. The van der Waals surface area contributed by atoms with E-state index in [0.29, 0.717) is 24.8 Å². The summed E-state index contributed by atoms with van der Waals surface area (Å²) >= 11 is 0. The van der Waals surface area contributed by atoms with Crippen LogP contribution in [0, 0.1) is 6.92 Å². The lowest BCUT2D eigenvalue weighted by Crippen LogP contribution is -2.36. The Morgan fingerprint density at radius 1 is 1.30 bits per heavy atom. The summed E-state index contributed by atoms with van der Waals surface area (Å²) in [5, 5.41) is 4.90. The van der Waals surface area contributed by atoms with Crippen LogP contribution in [0.25, 0.3) is 17.0 Å². The molecule has 0 N–H and O–H groups in total. The van der Waals surface area contributed by atoms with E-state index in [1.54, 1.807) is 6.08 Å². The summed E-state index contributed by atoms with van der Waals surface area (Å²) in [4.78, 5) is 18.8. The first-order chi connectivity index (χ1) is 13.2. The highest BCUT2D eigenvalue weighted by Gasteiger charge is 2.26. The van der Waals surface area contributed by atoms with Crippen molar-refractivity contribution in [1.82, 2.24) is 15.0 Å². The molecule has 3 aromatic rings. The molecule has 3 heterocycles. The topological polar surface area (TPSA) is 72.4 Å². The highest BCUT2D eigenvalue weighted by atomic mass is 16.5. The van der Waals surface area contributed by atoms with Gasteiger partial charge >= 0.3 is 0 Å². The maximum absolute atomic E-state index is 12.6. The number of carbonyl (C=O) groups is 1. The third-order valence-electron chi connectivity index (χ3n) is 5.12. The molecule has 0 saturated carbocycles. The molecule has 1 aliphatic heterocycles. The Kier molecular flexibility index (Phi) is 4.79. The highest BCUT2D eigenvalue weighted by Crippen LogP contribution is 2.29. The lowest BCUT2D eigenvalue weighted by molar-refractivity contribution is -0.127. The van der Waals surface area contributed by atoms with E-state index >= 15 is 0 Å². The van der Waals surface area contributed by atoms with Crippen LogP contribution in [0.3, 0.4) is 0 Å². The first-order valence-electron chi connectivity index (χ1n) is 9.43. The zero-order chi connectivity index (χ0) is 18.8.